The Bertz CT molecular complexity index is 584. The number of nitrogens with one attached hydrogen (secondary N) is 2. The molecule has 1 fully saturated rings. The van der Waals surface area contributed by atoms with Gasteiger partial charge in [-0.1, -0.05) is 25.8 Å². The summed E-state index contributed by atoms with van der Waals surface area (Å²) in [7, 11) is -1.56. The molecular weight excluding hydrogens is 284 g/mol. The van der Waals surface area contributed by atoms with Crippen molar-refractivity contribution < 1.29 is 8.42 Å². The summed E-state index contributed by atoms with van der Waals surface area (Å²) in [5, 5.41) is 3.08. The summed E-state index contributed by atoms with van der Waals surface area (Å²) in [5.74, 6) is 0.601. The van der Waals surface area contributed by atoms with E-state index in [1.54, 1.807) is 12.1 Å². The van der Waals surface area contributed by atoms with Gasteiger partial charge >= 0.3 is 0 Å². The molecule has 2 rings (SSSR count). The first kappa shape index (κ1) is 16.5. The van der Waals surface area contributed by atoms with Crippen molar-refractivity contribution in [2.45, 2.75) is 57.0 Å². The molecule has 0 aliphatic heterocycles. The smallest absolute Gasteiger partial charge is 0.240 e. The van der Waals surface area contributed by atoms with Crippen molar-refractivity contribution in [1.82, 2.24) is 10.0 Å². The van der Waals surface area contributed by atoms with Gasteiger partial charge in [-0.15, -0.1) is 0 Å². The van der Waals surface area contributed by atoms with Gasteiger partial charge in [-0.2, -0.15) is 0 Å². The Morgan fingerprint density at radius 2 is 2.05 bits per heavy atom. The zero-order chi connectivity index (χ0) is 15.5. The maximum absolute atomic E-state index is 12.5. The molecule has 5 heteroatoms. The summed E-state index contributed by atoms with van der Waals surface area (Å²) in [6, 6.07) is 5.43. The average Bonchev–Trinajstić information content (AvgIpc) is 2.41. The van der Waals surface area contributed by atoms with Crippen molar-refractivity contribution in [3.8, 4) is 0 Å². The first-order valence-corrected chi connectivity index (χ1v) is 9.17. The first-order chi connectivity index (χ1) is 9.92. The zero-order valence-electron chi connectivity index (χ0n) is 13.1. The Morgan fingerprint density at radius 1 is 1.29 bits per heavy atom. The van der Waals surface area contributed by atoms with E-state index in [0.717, 1.165) is 30.4 Å². The van der Waals surface area contributed by atoms with E-state index < -0.39 is 10.0 Å². The maximum atomic E-state index is 12.5. The van der Waals surface area contributed by atoms with Crippen LogP contribution in [0.5, 0.6) is 0 Å². The summed E-state index contributed by atoms with van der Waals surface area (Å²) in [6.45, 7) is 4.87. The Balaban J connectivity index is 2.17. The monoisotopic (exact) mass is 310 g/mol. The topological polar surface area (TPSA) is 58.2 Å². The van der Waals surface area contributed by atoms with Crippen LogP contribution in [-0.2, 0) is 16.6 Å². The second-order valence-electron chi connectivity index (χ2n) is 6.21. The van der Waals surface area contributed by atoms with E-state index in [2.05, 4.69) is 17.0 Å². The van der Waals surface area contributed by atoms with Crippen molar-refractivity contribution in [3.05, 3.63) is 29.3 Å². The Hall–Kier alpha value is -0.910. The molecule has 1 aromatic carbocycles. The molecule has 2 atom stereocenters. The summed E-state index contributed by atoms with van der Waals surface area (Å²) >= 11 is 0. The van der Waals surface area contributed by atoms with E-state index in [4.69, 9.17) is 0 Å². The largest absolute Gasteiger partial charge is 0.316 e. The molecule has 0 heterocycles. The number of rotatable bonds is 5. The standard InChI is InChI=1S/C16H26N2O2S/c1-12-5-4-6-15(9-12)18-21(19,20)16-8-7-13(2)14(10-16)11-17-3/h7-8,10,12,15,17-18H,4-6,9,11H2,1-3H3. The van der Waals surface area contributed by atoms with E-state index in [0.29, 0.717) is 17.4 Å². The van der Waals surface area contributed by atoms with Gasteiger partial charge in [-0.25, -0.2) is 13.1 Å². The summed E-state index contributed by atoms with van der Waals surface area (Å²) < 4.78 is 28.0. The SMILES string of the molecule is CNCc1cc(S(=O)(=O)NC2CCCC(C)C2)ccc1C. The summed E-state index contributed by atoms with van der Waals surface area (Å²) in [6.07, 6.45) is 4.19. The fourth-order valence-electron chi connectivity index (χ4n) is 3.02. The minimum Gasteiger partial charge on any atom is -0.316 e. The first-order valence-electron chi connectivity index (χ1n) is 7.69. The summed E-state index contributed by atoms with van der Waals surface area (Å²) in [5.41, 5.74) is 2.13. The van der Waals surface area contributed by atoms with Crippen LogP contribution in [0.3, 0.4) is 0 Å². The molecule has 118 valence electrons. The molecule has 1 aliphatic carbocycles. The lowest BCUT2D eigenvalue weighted by Gasteiger charge is -2.27. The lowest BCUT2D eigenvalue weighted by molar-refractivity contribution is 0.327. The minimum absolute atomic E-state index is 0.0767. The van der Waals surface area contributed by atoms with Crippen molar-refractivity contribution in [2.75, 3.05) is 7.05 Å². The van der Waals surface area contributed by atoms with Gasteiger partial charge < -0.3 is 5.32 Å². The highest BCUT2D eigenvalue weighted by molar-refractivity contribution is 7.89. The molecule has 1 aliphatic rings. The third kappa shape index (κ3) is 4.28. The molecule has 0 radical (unpaired) electrons. The number of aryl methyl sites for hydroxylation is 1. The molecule has 0 amide bonds. The molecular formula is C16H26N2O2S. The van der Waals surface area contributed by atoms with E-state index in [-0.39, 0.29) is 6.04 Å². The van der Waals surface area contributed by atoms with E-state index in [9.17, 15) is 8.42 Å². The number of hydrogen-bond acceptors (Lipinski definition) is 3. The van der Waals surface area contributed by atoms with Crippen LogP contribution in [0.1, 0.15) is 43.7 Å². The van der Waals surface area contributed by atoms with Crippen molar-refractivity contribution in [1.29, 1.82) is 0 Å². The molecule has 1 aromatic rings. The lowest BCUT2D eigenvalue weighted by Crippen LogP contribution is -2.38. The molecule has 0 aromatic heterocycles. The maximum Gasteiger partial charge on any atom is 0.240 e. The molecule has 2 N–H and O–H groups in total. The number of benzene rings is 1. The number of hydrogen-bond donors (Lipinski definition) is 2. The third-order valence-corrected chi connectivity index (χ3v) is 5.77. The fourth-order valence-corrected chi connectivity index (χ4v) is 4.36. The third-order valence-electron chi connectivity index (χ3n) is 4.26. The molecule has 4 nitrogen and oxygen atoms in total. The van der Waals surface area contributed by atoms with Gasteiger partial charge in [0.25, 0.3) is 0 Å². The van der Waals surface area contributed by atoms with Crippen LogP contribution in [0.15, 0.2) is 23.1 Å². The van der Waals surface area contributed by atoms with Crippen LogP contribution in [0.25, 0.3) is 0 Å². The van der Waals surface area contributed by atoms with Crippen LogP contribution in [0, 0.1) is 12.8 Å². The second-order valence-corrected chi connectivity index (χ2v) is 7.92. The highest BCUT2D eigenvalue weighted by atomic mass is 32.2. The molecule has 0 spiro atoms. The molecule has 21 heavy (non-hydrogen) atoms. The van der Waals surface area contributed by atoms with Crippen molar-refractivity contribution in [3.63, 3.8) is 0 Å². The van der Waals surface area contributed by atoms with Gasteiger partial charge in [0.1, 0.15) is 0 Å². The fraction of sp³-hybridized carbons (Fsp3) is 0.625. The van der Waals surface area contributed by atoms with Gasteiger partial charge in [0.05, 0.1) is 4.90 Å². The normalized spacial score (nSPS) is 23.2. The van der Waals surface area contributed by atoms with Gasteiger partial charge in [0.2, 0.25) is 10.0 Å². The highest BCUT2D eigenvalue weighted by Gasteiger charge is 2.24. The average molecular weight is 310 g/mol. The Kier molecular flexibility index (Phi) is 5.41. The molecule has 0 saturated heterocycles. The Morgan fingerprint density at radius 3 is 2.71 bits per heavy atom. The van der Waals surface area contributed by atoms with Crippen LogP contribution in [0.2, 0.25) is 0 Å². The van der Waals surface area contributed by atoms with E-state index >= 15 is 0 Å². The Labute approximate surface area is 128 Å². The second kappa shape index (κ2) is 6.90. The number of sulfonamides is 1. The van der Waals surface area contributed by atoms with Crippen molar-refractivity contribution in [2.24, 2.45) is 5.92 Å². The molecule has 2 unspecified atom stereocenters. The predicted molar refractivity (Wildman–Crippen MR) is 85.7 cm³/mol. The van der Waals surface area contributed by atoms with Gasteiger partial charge in [0, 0.05) is 12.6 Å². The quantitative estimate of drug-likeness (QED) is 0.879. The molecule has 1 saturated carbocycles. The van der Waals surface area contributed by atoms with Gasteiger partial charge in [-0.3, -0.25) is 0 Å². The van der Waals surface area contributed by atoms with Crippen LogP contribution in [-0.4, -0.2) is 21.5 Å². The highest BCUT2D eigenvalue weighted by Crippen LogP contribution is 2.25. The van der Waals surface area contributed by atoms with Gasteiger partial charge in [-0.05, 0) is 56.0 Å². The summed E-state index contributed by atoms with van der Waals surface area (Å²) in [4.78, 5) is 0.372. The van der Waals surface area contributed by atoms with E-state index in [1.165, 1.54) is 6.42 Å². The predicted octanol–water partition coefficient (Wildman–Crippen LogP) is 2.57. The van der Waals surface area contributed by atoms with E-state index in [1.807, 2.05) is 20.0 Å². The zero-order valence-corrected chi connectivity index (χ0v) is 14.0. The van der Waals surface area contributed by atoms with Crippen molar-refractivity contribution >= 4 is 10.0 Å². The van der Waals surface area contributed by atoms with Crippen LogP contribution >= 0.6 is 0 Å². The minimum atomic E-state index is -3.42. The van der Waals surface area contributed by atoms with Crippen LogP contribution in [0.4, 0.5) is 0 Å². The molecule has 0 bridgehead atoms. The van der Waals surface area contributed by atoms with Gasteiger partial charge in [0.15, 0.2) is 0 Å². The lowest BCUT2D eigenvalue weighted by atomic mass is 9.88. The van der Waals surface area contributed by atoms with Crippen LogP contribution < -0.4 is 10.0 Å².